The number of hydrogen-bond acceptors (Lipinski definition) is 1. The van der Waals surface area contributed by atoms with Gasteiger partial charge < -0.3 is 16.4 Å². The van der Waals surface area contributed by atoms with E-state index in [2.05, 4.69) is 16.9 Å². The van der Waals surface area contributed by atoms with E-state index in [0.717, 1.165) is 38.1 Å². The number of aliphatic imine (C=N–C) groups is 2. The molecule has 0 aromatic heterocycles. The molecule has 1 fully saturated rings. The fourth-order valence-electron chi connectivity index (χ4n) is 2.54. The first kappa shape index (κ1) is 18.4. The zero-order chi connectivity index (χ0) is 17.9. The van der Waals surface area contributed by atoms with Crippen molar-refractivity contribution in [3.63, 3.8) is 0 Å². The Hall–Kier alpha value is -1.96. The van der Waals surface area contributed by atoms with Crippen molar-refractivity contribution in [2.24, 2.45) is 27.4 Å². The molecule has 1 aliphatic heterocycles. The summed E-state index contributed by atoms with van der Waals surface area (Å²) >= 11 is 5.56. The van der Waals surface area contributed by atoms with E-state index in [1.54, 1.807) is 0 Å². The molecule has 1 heterocycles. The van der Waals surface area contributed by atoms with E-state index in [-0.39, 0.29) is 17.6 Å². The minimum Gasteiger partial charge on any atom is -0.369 e. The van der Waals surface area contributed by atoms with Crippen LogP contribution in [0.1, 0.15) is 25.3 Å². The van der Waals surface area contributed by atoms with E-state index in [1.165, 1.54) is 6.07 Å². The van der Waals surface area contributed by atoms with E-state index < -0.39 is 16.8 Å². The molecule has 0 spiro atoms. The molecule has 2 rings (SSSR count). The standard InChI is InChI=1S/C15H19ClF3N5/c1-9-3-2-6-24(8-9)14(21)23-13(20)22-10-4-5-12(16)11(7-10)15(17,18)19/h4-5,7,9H,2-3,6,8H2,1H3,(H4,20,21,22,23). The largest absolute Gasteiger partial charge is 0.417 e. The van der Waals surface area contributed by atoms with Crippen LogP contribution in [-0.2, 0) is 6.18 Å². The van der Waals surface area contributed by atoms with Gasteiger partial charge in [-0.15, -0.1) is 0 Å². The van der Waals surface area contributed by atoms with Crippen molar-refractivity contribution in [1.82, 2.24) is 4.90 Å². The summed E-state index contributed by atoms with van der Waals surface area (Å²) < 4.78 is 38.5. The van der Waals surface area contributed by atoms with Crippen molar-refractivity contribution < 1.29 is 13.2 Å². The van der Waals surface area contributed by atoms with Crippen LogP contribution in [0.5, 0.6) is 0 Å². The molecule has 0 aliphatic carbocycles. The average molecular weight is 362 g/mol. The predicted molar refractivity (Wildman–Crippen MR) is 89.3 cm³/mol. The Morgan fingerprint density at radius 1 is 1.33 bits per heavy atom. The highest BCUT2D eigenvalue weighted by molar-refractivity contribution is 6.31. The smallest absolute Gasteiger partial charge is 0.369 e. The van der Waals surface area contributed by atoms with E-state index in [1.807, 2.05) is 4.90 Å². The molecule has 1 atom stereocenters. The summed E-state index contributed by atoms with van der Waals surface area (Å²) in [5.41, 5.74) is 10.6. The first-order chi connectivity index (χ1) is 11.2. The number of hydrogen-bond donors (Lipinski definition) is 2. The maximum absolute atomic E-state index is 12.8. The number of likely N-dealkylation sites (tertiary alicyclic amines) is 1. The number of benzene rings is 1. The quantitative estimate of drug-likeness (QED) is 0.594. The van der Waals surface area contributed by atoms with Crippen LogP contribution in [0.15, 0.2) is 28.2 Å². The van der Waals surface area contributed by atoms with Crippen LogP contribution in [-0.4, -0.2) is 29.9 Å². The number of nitrogens with two attached hydrogens (primary N) is 2. The van der Waals surface area contributed by atoms with Crippen molar-refractivity contribution in [3.05, 3.63) is 28.8 Å². The fourth-order valence-corrected chi connectivity index (χ4v) is 2.77. The third-order valence-electron chi connectivity index (χ3n) is 3.71. The lowest BCUT2D eigenvalue weighted by Gasteiger charge is -2.31. The van der Waals surface area contributed by atoms with E-state index in [0.29, 0.717) is 5.92 Å². The topological polar surface area (TPSA) is 80.0 Å². The van der Waals surface area contributed by atoms with Crippen LogP contribution in [0.25, 0.3) is 0 Å². The lowest BCUT2D eigenvalue weighted by atomic mass is 10.0. The summed E-state index contributed by atoms with van der Waals surface area (Å²) in [5.74, 6) is 0.505. The first-order valence-corrected chi connectivity index (χ1v) is 7.84. The second-order valence-electron chi connectivity index (χ2n) is 5.80. The van der Waals surface area contributed by atoms with Crippen LogP contribution >= 0.6 is 11.6 Å². The van der Waals surface area contributed by atoms with Crippen molar-refractivity contribution in [2.45, 2.75) is 25.9 Å². The molecule has 4 N–H and O–H groups in total. The zero-order valence-electron chi connectivity index (χ0n) is 13.1. The van der Waals surface area contributed by atoms with Gasteiger partial charge in [-0.1, -0.05) is 18.5 Å². The Balaban J connectivity index is 2.20. The minimum atomic E-state index is -4.57. The average Bonchev–Trinajstić information content (AvgIpc) is 2.48. The monoisotopic (exact) mass is 361 g/mol. The van der Waals surface area contributed by atoms with Gasteiger partial charge in [-0.3, -0.25) is 0 Å². The van der Waals surface area contributed by atoms with Gasteiger partial charge in [-0.2, -0.15) is 18.2 Å². The van der Waals surface area contributed by atoms with E-state index in [4.69, 9.17) is 23.1 Å². The molecule has 24 heavy (non-hydrogen) atoms. The summed E-state index contributed by atoms with van der Waals surface area (Å²) in [5, 5.41) is -0.398. The van der Waals surface area contributed by atoms with Gasteiger partial charge >= 0.3 is 6.18 Å². The van der Waals surface area contributed by atoms with Gasteiger partial charge in [0.25, 0.3) is 0 Å². The molecule has 1 aromatic rings. The molecule has 0 amide bonds. The Morgan fingerprint density at radius 2 is 2.04 bits per heavy atom. The third kappa shape index (κ3) is 4.77. The Kier molecular flexibility index (Phi) is 5.58. The van der Waals surface area contributed by atoms with Gasteiger partial charge in [0.2, 0.25) is 5.96 Å². The maximum Gasteiger partial charge on any atom is 0.417 e. The summed E-state index contributed by atoms with van der Waals surface area (Å²) in [6.45, 7) is 3.65. The number of rotatable bonds is 1. The number of halogens is 4. The first-order valence-electron chi connectivity index (χ1n) is 7.47. The third-order valence-corrected chi connectivity index (χ3v) is 4.04. The van der Waals surface area contributed by atoms with E-state index in [9.17, 15) is 13.2 Å². The fraction of sp³-hybridized carbons (Fsp3) is 0.467. The normalized spacial score (nSPS) is 20.4. The molecule has 1 saturated heterocycles. The number of piperidine rings is 1. The van der Waals surface area contributed by atoms with Gasteiger partial charge in [0.1, 0.15) is 0 Å². The van der Waals surface area contributed by atoms with Crippen LogP contribution in [0.3, 0.4) is 0 Å². The van der Waals surface area contributed by atoms with Crippen molar-refractivity contribution in [2.75, 3.05) is 13.1 Å². The Labute approximate surface area is 143 Å². The highest BCUT2D eigenvalue weighted by atomic mass is 35.5. The second kappa shape index (κ2) is 7.29. The summed E-state index contributed by atoms with van der Waals surface area (Å²) in [6.07, 6.45) is -2.44. The lowest BCUT2D eigenvalue weighted by Crippen LogP contribution is -2.44. The maximum atomic E-state index is 12.8. The van der Waals surface area contributed by atoms with E-state index >= 15 is 0 Å². The lowest BCUT2D eigenvalue weighted by molar-refractivity contribution is -0.137. The SMILES string of the molecule is CC1CCCN(C(N)=NC(N)=Nc2ccc(Cl)c(C(F)(F)F)c2)C1. The highest BCUT2D eigenvalue weighted by Gasteiger charge is 2.33. The van der Waals surface area contributed by atoms with Gasteiger partial charge in [-0.05, 0) is 37.0 Å². The highest BCUT2D eigenvalue weighted by Crippen LogP contribution is 2.36. The predicted octanol–water partition coefficient (Wildman–Crippen LogP) is 3.35. The number of alkyl halides is 3. The molecule has 1 aromatic carbocycles. The minimum absolute atomic E-state index is 0.00721. The molecule has 0 radical (unpaired) electrons. The molecule has 9 heteroatoms. The zero-order valence-corrected chi connectivity index (χ0v) is 13.9. The number of guanidine groups is 2. The van der Waals surface area contributed by atoms with Gasteiger partial charge in [0, 0.05) is 13.1 Å². The number of nitrogens with zero attached hydrogens (tertiary/aromatic N) is 3. The van der Waals surface area contributed by atoms with Crippen LogP contribution in [0.2, 0.25) is 5.02 Å². The van der Waals surface area contributed by atoms with Gasteiger partial charge in [0.05, 0.1) is 16.3 Å². The molecule has 0 saturated carbocycles. The second-order valence-corrected chi connectivity index (χ2v) is 6.20. The molecule has 5 nitrogen and oxygen atoms in total. The Bertz CT molecular complexity index is 657. The van der Waals surface area contributed by atoms with Crippen molar-refractivity contribution in [1.29, 1.82) is 0 Å². The molecule has 132 valence electrons. The molecule has 1 aliphatic rings. The molecule has 1 unspecified atom stereocenters. The molecular formula is C15H19ClF3N5. The van der Waals surface area contributed by atoms with Crippen LogP contribution < -0.4 is 11.5 Å². The Morgan fingerprint density at radius 3 is 2.67 bits per heavy atom. The van der Waals surface area contributed by atoms with Gasteiger partial charge in [0.15, 0.2) is 5.96 Å². The summed E-state index contributed by atoms with van der Waals surface area (Å²) in [4.78, 5) is 9.74. The van der Waals surface area contributed by atoms with Crippen LogP contribution in [0.4, 0.5) is 18.9 Å². The van der Waals surface area contributed by atoms with Gasteiger partial charge in [-0.25, -0.2) is 4.99 Å². The van der Waals surface area contributed by atoms with Crippen molar-refractivity contribution in [3.8, 4) is 0 Å². The summed E-state index contributed by atoms with van der Waals surface area (Å²) in [6, 6.07) is 3.28. The molecule has 0 bridgehead atoms. The summed E-state index contributed by atoms with van der Waals surface area (Å²) in [7, 11) is 0. The van der Waals surface area contributed by atoms with Crippen molar-refractivity contribution >= 4 is 29.2 Å². The molecular weight excluding hydrogens is 343 g/mol. The van der Waals surface area contributed by atoms with Crippen LogP contribution in [0, 0.1) is 5.92 Å².